The Balaban J connectivity index is 1.13. The molecule has 9 heteroatoms. The maximum atomic E-state index is 11.6. The minimum absolute atomic E-state index is 0.0226. The van der Waals surface area contributed by atoms with E-state index < -0.39 is 6.10 Å². The van der Waals surface area contributed by atoms with Crippen molar-refractivity contribution in [2.45, 2.75) is 18.9 Å². The summed E-state index contributed by atoms with van der Waals surface area (Å²) in [7, 11) is 1.64. The summed E-state index contributed by atoms with van der Waals surface area (Å²) in [6.45, 7) is 2.90. The van der Waals surface area contributed by atoms with Gasteiger partial charge in [-0.15, -0.1) is 5.10 Å². The molecule has 0 saturated carbocycles. The van der Waals surface area contributed by atoms with E-state index in [1.165, 1.54) is 0 Å². The zero-order chi connectivity index (χ0) is 23.5. The number of hydrogen-bond acceptors (Lipinski definition) is 8. The van der Waals surface area contributed by atoms with Crippen LogP contribution in [0.2, 0.25) is 0 Å². The van der Waals surface area contributed by atoms with Gasteiger partial charge < -0.3 is 29.5 Å². The molecule has 1 amide bonds. The van der Waals surface area contributed by atoms with Crippen molar-refractivity contribution in [1.82, 2.24) is 15.1 Å². The van der Waals surface area contributed by atoms with Gasteiger partial charge in [-0.1, -0.05) is 6.07 Å². The van der Waals surface area contributed by atoms with Crippen molar-refractivity contribution in [3.63, 3.8) is 0 Å². The molecule has 1 atom stereocenters. The number of hydrogen-bond donors (Lipinski definition) is 2. The van der Waals surface area contributed by atoms with Crippen LogP contribution in [0.4, 0.5) is 5.69 Å². The smallest absolute Gasteiger partial charge is 0.262 e. The second kappa shape index (κ2) is 9.82. The van der Waals surface area contributed by atoms with Crippen LogP contribution in [-0.4, -0.2) is 66.1 Å². The van der Waals surface area contributed by atoms with Crippen LogP contribution in [0.3, 0.4) is 0 Å². The first-order valence-electron chi connectivity index (χ1n) is 11.5. The zero-order valence-electron chi connectivity index (χ0n) is 19.1. The zero-order valence-corrected chi connectivity index (χ0v) is 19.1. The molecule has 0 radical (unpaired) electrons. The predicted molar refractivity (Wildman–Crippen MR) is 126 cm³/mol. The van der Waals surface area contributed by atoms with Crippen molar-refractivity contribution in [1.29, 1.82) is 0 Å². The van der Waals surface area contributed by atoms with Gasteiger partial charge in [0.2, 0.25) is 5.88 Å². The number of ether oxygens (including phenoxy) is 3. The van der Waals surface area contributed by atoms with Crippen molar-refractivity contribution in [2.24, 2.45) is 5.92 Å². The molecule has 3 aromatic rings. The number of nitrogens with one attached hydrogen (secondary N) is 1. The number of β-amino-alcohol motifs (C(OH)–C–C–N with tert-alkyl or cyclic N) is 1. The number of carbonyl (C=O) groups excluding carboxylic acids is 1. The number of nitrogens with zero attached hydrogens (tertiary/aromatic N) is 3. The monoisotopic (exact) mass is 464 g/mol. The lowest BCUT2D eigenvalue weighted by atomic mass is 9.97. The number of carbonyl (C=O) groups is 1. The summed E-state index contributed by atoms with van der Waals surface area (Å²) >= 11 is 0. The van der Waals surface area contributed by atoms with Gasteiger partial charge >= 0.3 is 0 Å². The number of piperidine rings is 1. The van der Waals surface area contributed by atoms with Crippen molar-refractivity contribution < 1.29 is 24.1 Å². The Morgan fingerprint density at radius 2 is 2.09 bits per heavy atom. The van der Waals surface area contributed by atoms with Crippen LogP contribution >= 0.6 is 0 Å². The fourth-order valence-corrected chi connectivity index (χ4v) is 4.45. The maximum absolute atomic E-state index is 11.6. The quantitative estimate of drug-likeness (QED) is 0.550. The molecule has 0 aliphatic carbocycles. The number of methoxy groups -OCH3 is 1. The van der Waals surface area contributed by atoms with Gasteiger partial charge in [-0.25, -0.2) is 0 Å². The van der Waals surface area contributed by atoms with Crippen LogP contribution in [-0.2, 0) is 4.79 Å². The molecule has 2 aliphatic rings. The number of aromatic nitrogens is 2. The number of amides is 1. The lowest BCUT2D eigenvalue weighted by molar-refractivity contribution is -0.118. The van der Waals surface area contributed by atoms with E-state index in [-0.39, 0.29) is 12.5 Å². The molecule has 9 nitrogen and oxygen atoms in total. The summed E-state index contributed by atoms with van der Waals surface area (Å²) in [5.41, 5.74) is 1.37. The molecule has 1 saturated heterocycles. The Morgan fingerprint density at radius 3 is 2.91 bits per heavy atom. The third kappa shape index (κ3) is 4.90. The van der Waals surface area contributed by atoms with Gasteiger partial charge in [0.15, 0.2) is 6.61 Å². The lowest BCUT2D eigenvalue weighted by Gasteiger charge is -2.33. The summed E-state index contributed by atoms with van der Waals surface area (Å²) in [6, 6.07) is 11.2. The molecular formula is C25H28N4O5. The van der Waals surface area contributed by atoms with E-state index in [4.69, 9.17) is 14.2 Å². The topological polar surface area (TPSA) is 106 Å². The van der Waals surface area contributed by atoms with E-state index in [2.05, 4.69) is 20.4 Å². The molecule has 3 heterocycles. The van der Waals surface area contributed by atoms with Gasteiger partial charge in [0.1, 0.15) is 11.5 Å². The highest BCUT2D eigenvalue weighted by Crippen LogP contribution is 2.32. The van der Waals surface area contributed by atoms with Crippen LogP contribution in [0, 0.1) is 5.92 Å². The number of rotatable bonds is 7. The van der Waals surface area contributed by atoms with Gasteiger partial charge in [0, 0.05) is 11.9 Å². The highest BCUT2D eigenvalue weighted by atomic mass is 16.5. The molecule has 5 rings (SSSR count). The SMILES string of the molecule is COc1ccc2cnnc(OCC3CCN(C[C@H](O)c4ccc5c(c4)NC(=O)CO5)CC3)c2c1. The van der Waals surface area contributed by atoms with E-state index in [0.717, 1.165) is 48.0 Å². The molecule has 2 aliphatic heterocycles. The van der Waals surface area contributed by atoms with E-state index >= 15 is 0 Å². The minimum Gasteiger partial charge on any atom is -0.497 e. The minimum atomic E-state index is -0.641. The lowest BCUT2D eigenvalue weighted by Crippen LogP contribution is -2.38. The summed E-state index contributed by atoms with van der Waals surface area (Å²) in [6.07, 6.45) is 3.03. The standard InChI is InChI=1S/C25H28N4O5/c1-32-19-4-2-18-12-26-28-25(20(18)11-19)34-14-16-6-8-29(9-7-16)13-22(30)17-3-5-23-21(10-17)27-24(31)15-33-23/h2-5,10-12,16,22,30H,6-9,13-15H2,1H3,(H,27,31)/t22-/m0/s1. The summed E-state index contributed by atoms with van der Waals surface area (Å²) in [5.74, 6) is 2.14. The third-order valence-electron chi connectivity index (χ3n) is 6.45. The van der Waals surface area contributed by atoms with Crippen molar-refractivity contribution >= 4 is 22.4 Å². The second-order valence-corrected chi connectivity index (χ2v) is 8.77. The van der Waals surface area contributed by atoms with Gasteiger partial charge in [0.25, 0.3) is 5.91 Å². The summed E-state index contributed by atoms with van der Waals surface area (Å²) in [5, 5.41) is 23.6. The van der Waals surface area contributed by atoms with Crippen LogP contribution < -0.4 is 19.5 Å². The Kier molecular flexibility index (Phi) is 6.46. The summed E-state index contributed by atoms with van der Waals surface area (Å²) in [4.78, 5) is 13.8. The first-order chi connectivity index (χ1) is 16.6. The van der Waals surface area contributed by atoms with Crippen LogP contribution in [0.1, 0.15) is 24.5 Å². The molecule has 0 spiro atoms. The Morgan fingerprint density at radius 1 is 1.24 bits per heavy atom. The highest BCUT2D eigenvalue weighted by molar-refractivity contribution is 5.95. The van der Waals surface area contributed by atoms with Gasteiger partial charge in [-0.3, -0.25) is 4.79 Å². The number of likely N-dealkylation sites (tertiary alicyclic amines) is 1. The maximum Gasteiger partial charge on any atom is 0.262 e. The van der Waals surface area contributed by atoms with Gasteiger partial charge in [0.05, 0.1) is 37.1 Å². The molecular weight excluding hydrogens is 436 g/mol. The largest absolute Gasteiger partial charge is 0.497 e. The summed E-state index contributed by atoms with van der Waals surface area (Å²) < 4.78 is 16.8. The molecule has 1 aromatic heterocycles. The first kappa shape index (κ1) is 22.4. The average molecular weight is 465 g/mol. The molecule has 0 bridgehead atoms. The third-order valence-corrected chi connectivity index (χ3v) is 6.45. The molecule has 178 valence electrons. The van der Waals surface area contributed by atoms with E-state index in [1.54, 1.807) is 25.4 Å². The molecule has 34 heavy (non-hydrogen) atoms. The number of benzene rings is 2. The van der Waals surface area contributed by atoms with Crippen molar-refractivity contribution in [2.75, 3.05) is 45.3 Å². The Hall–Kier alpha value is -3.43. The van der Waals surface area contributed by atoms with Crippen LogP contribution in [0.25, 0.3) is 10.8 Å². The molecule has 2 N–H and O–H groups in total. The Bertz CT molecular complexity index is 1180. The van der Waals surface area contributed by atoms with E-state index in [9.17, 15) is 9.90 Å². The normalized spacial score (nSPS) is 17.5. The van der Waals surface area contributed by atoms with Crippen molar-refractivity contribution in [3.05, 3.63) is 48.2 Å². The van der Waals surface area contributed by atoms with Crippen molar-refractivity contribution in [3.8, 4) is 17.4 Å². The number of aliphatic hydroxyl groups is 1. The van der Waals surface area contributed by atoms with Crippen LogP contribution in [0.15, 0.2) is 42.6 Å². The fourth-order valence-electron chi connectivity index (χ4n) is 4.45. The molecule has 0 unspecified atom stereocenters. The van der Waals surface area contributed by atoms with E-state index in [1.807, 2.05) is 24.3 Å². The first-order valence-corrected chi connectivity index (χ1v) is 11.5. The molecule has 1 fully saturated rings. The number of anilines is 1. The second-order valence-electron chi connectivity index (χ2n) is 8.77. The Labute approximate surface area is 197 Å². The average Bonchev–Trinajstić information content (AvgIpc) is 2.87. The van der Waals surface area contributed by atoms with Crippen LogP contribution in [0.5, 0.6) is 17.4 Å². The predicted octanol–water partition coefficient (Wildman–Crippen LogP) is 2.79. The highest BCUT2D eigenvalue weighted by Gasteiger charge is 2.24. The van der Waals surface area contributed by atoms with Gasteiger partial charge in [-0.2, -0.15) is 5.10 Å². The van der Waals surface area contributed by atoms with Gasteiger partial charge in [-0.05, 0) is 67.7 Å². The number of aliphatic hydroxyl groups excluding tert-OH is 1. The fraction of sp³-hybridized carbons (Fsp3) is 0.400. The number of fused-ring (bicyclic) bond motifs is 2. The molecule has 2 aromatic carbocycles. The van der Waals surface area contributed by atoms with E-state index in [0.29, 0.717) is 36.4 Å².